The molecule has 0 radical (unpaired) electrons. The first kappa shape index (κ1) is 23.1. The quantitative estimate of drug-likeness (QED) is 0.529. The molecule has 24 heavy (non-hydrogen) atoms. The van der Waals surface area contributed by atoms with Crippen LogP contribution >= 0.6 is 24.0 Å². The highest BCUT2D eigenvalue weighted by Gasteiger charge is 2.29. The summed E-state index contributed by atoms with van der Waals surface area (Å²) in [4.78, 5) is 26.3. The van der Waals surface area contributed by atoms with Crippen molar-refractivity contribution < 1.29 is 9.59 Å². The van der Waals surface area contributed by atoms with Crippen molar-refractivity contribution in [3.8, 4) is 0 Å². The van der Waals surface area contributed by atoms with Gasteiger partial charge in [-0.1, -0.05) is 24.0 Å². The van der Waals surface area contributed by atoms with E-state index in [1.165, 1.54) is 11.8 Å². The monoisotopic (exact) mass is 376 g/mol. The van der Waals surface area contributed by atoms with Crippen LogP contribution in [0.4, 0.5) is 0 Å². The number of hydrogen-bond donors (Lipinski definition) is 3. The Hall–Kier alpha value is -0.860. The molecule has 0 heterocycles. The van der Waals surface area contributed by atoms with Gasteiger partial charge >= 0.3 is 0 Å². The van der Waals surface area contributed by atoms with E-state index in [4.69, 9.17) is 18.0 Å². The third-order valence-corrected chi connectivity index (χ3v) is 4.95. The van der Waals surface area contributed by atoms with Crippen LogP contribution in [0.5, 0.6) is 0 Å². The molecule has 0 aromatic heterocycles. The zero-order valence-corrected chi connectivity index (χ0v) is 17.3. The van der Waals surface area contributed by atoms with Gasteiger partial charge in [0.05, 0.1) is 5.75 Å². The van der Waals surface area contributed by atoms with Gasteiger partial charge in [-0.2, -0.15) is 0 Å². The van der Waals surface area contributed by atoms with Gasteiger partial charge in [0.2, 0.25) is 11.8 Å². The fourth-order valence-corrected chi connectivity index (χ4v) is 3.06. The maximum atomic E-state index is 12.2. The van der Waals surface area contributed by atoms with E-state index < -0.39 is 5.54 Å². The lowest BCUT2D eigenvalue weighted by atomic mass is 10.0. The molecule has 0 saturated heterocycles. The van der Waals surface area contributed by atoms with Crippen LogP contribution in [0.1, 0.15) is 48.0 Å². The summed E-state index contributed by atoms with van der Waals surface area (Å²) < 4.78 is 0.697. The van der Waals surface area contributed by atoms with Gasteiger partial charge < -0.3 is 21.3 Å². The summed E-state index contributed by atoms with van der Waals surface area (Å²) in [6.45, 7) is 13.3. The smallest absolute Gasteiger partial charge is 0.245 e. The average molecular weight is 377 g/mol. The molecule has 0 unspecified atom stereocenters. The number of carbonyl (C=O) groups excluding carboxylic acids is 2. The summed E-state index contributed by atoms with van der Waals surface area (Å²) in [6, 6.07) is 0. The highest BCUT2D eigenvalue weighted by atomic mass is 32.2. The molecule has 0 bridgehead atoms. The van der Waals surface area contributed by atoms with E-state index in [1.807, 2.05) is 32.6 Å². The molecule has 0 aromatic rings. The summed E-state index contributed by atoms with van der Waals surface area (Å²) in [5.74, 6) is -0.243. The molecule has 0 aliphatic carbocycles. The lowest BCUT2D eigenvalue weighted by Gasteiger charge is -2.27. The number of nitrogens with one attached hydrogen (secondary N) is 2. The molecular weight excluding hydrogens is 344 g/mol. The normalized spacial score (nSPS) is 11.8. The number of amides is 2. The number of nitrogens with zero attached hydrogens (tertiary/aromatic N) is 1. The summed E-state index contributed by atoms with van der Waals surface area (Å²) >= 11 is 6.61. The van der Waals surface area contributed by atoms with E-state index in [0.29, 0.717) is 17.3 Å². The second-order valence-electron chi connectivity index (χ2n) is 6.89. The van der Waals surface area contributed by atoms with E-state index in [1.54, 1.807) is 13.8 Å². The standard InChI is InChI=1S/C16H32N4O2S2/c1-7-20(8-2)14(23)24-11-12(21)19-16(5,6)13(22)18-10-9-15(3,4)17/h7-11,17H2,1-6H3,(H,18,22)(H,19,21). The lowest BCUT2D eigenvalue weighted by Crippen LogP contribution is -2.55. The summed E-state index contributed by atoms with van der Waals surface area (Å²) in [5.41, 5.74) is 4.57. The Morgan fingerprint density at radius 2 is 1.71 bits per heavy atom. The molecule has 0 saturated carbocycles. The molecule has 4 N–H and O–H groups in total. The Kier molecular flexibility index (Phi) is 9.84. The summed E-state index contributed by atoms with van der Waals surface area (Å²) in [5, 5.41) is 5.56. The maximum absolute atomic E-state index is 12.2. The first-order valence-electron chi connectivity index (χ1n) is 8.22. The topological polar surface area (TPSA) is 87.5 Å². The van der Waals surface area contributed by atoms with Crippen LogP contribution in [0, 0.1) is 0 Å². The molecule has 2 amide bonds. The van der Waals surface area contributed by atoms with Crippen LogP contribution < -0.4 is 16.4 Å². The Morgan fingerprint density at radius 1 is 1.17 bits per heavy atom. The zero-order chi connectivity index (χ0) is 19.0. The second-order valence-corrected chi connectivity index (χ2v) is 8.50. The Labute approximate surface area is 155 Å². The highest BCUT2D eigenvalue weighted by molar-refractivity contribution is 8.23. The molecule has 0 aromatic carbocycles. The first-order chi connectivity index (χ1) is 10.9. The van der Waals surface area contributed by atoms with Crippen LogP contribution in [-0.4, -0.2) is 57.5 Å². The van der Waals surface area contributed by atoms with Crippen LogP contribution in [0.25, 0.3) is 0 Å². The van der Waals surface area contributed by atoms with Crippen LogP contribution in [0.3, 0.4) is 0 Å². The van der Waals surface area contributed by atoms with Gasteiger partial charge in [-0.15, -0.1) is 0 Å². The van der Waals surface area contributed by atoms with Crippen molar-refractivity contribution in [3.05, 3.63) is 0 Å². The fraction of sp³-hybridized carbons (Fsp3) is 0.812. The number of nitrogens with two attached hydrogens (primary N) is 1. The van der Waals surface area contributed by atoms with Crippen LogP contribution in [-0.2, 0) is 9.59 Å². The Morgan fingerprint density at radius 3 is 2.17 bits per heavy atom. The minimum absolute atomic E-state index is 0.196. The van der Waals surface area contributed by atoms with Crippen molar-refractivity contribution in [1.29, 1.82) is 0 Å². The van der Waals surface area contributed by atoms with Crippen molar-refractivity contribution in [3.63, 3.8) is 0 Å². The van der Waals surface area contributed by atoms with Gasteiger partial charge in [0.25, 0.3) is 0 Å². The molecule has 0 rings (SSSR count). The van der Waals surface area contributed by atoms with Crippen LogP contribution in [0.2, 0.25) is 0 Å². The number of thioether (sulfide) groups is 1. The number of hydrogen-bond acceptors (Lipinski definition) is 5. The zero-order valence-electron chi connectivity index (χ0n) is 15.7. The third kappa shape index (κ3) is 9.44. The molecule has 8 heteroatoms. The van der Waals surface area contributed by atoms with Gasteiger partial charge in [-0.05, 0) is 48.0 Å². The van der Waals surface area contributed by atoms with Crippen molar-refractivity contribution in [2.75, 3.05) is 25.4 Å². The van der Waals surface area contributed by atoms with E-state index in [-0.39, 0.29) is 23.1 Å². The van der Waals surface area contributed by atoms with Gasteiger partial charge in [0.1, 0.15) is 9.86 Å². The van der Waals surface area contributed by atoms with E-state index in [2.05, 4.69) is 10.6 Å². The van der Waals surface area contributed by atoms with E-state index in [9.17, 15) is 9.59 Å². The van der Waals surface area contributed by atoms with Gasteiger partial charge in [-0.25, -0.2) is 0 Å². The predicted molar refractivity (Wildman–Crippen MR) is 106 cm³/mol. The van der Waals surface area contributed by atoms with Crippen molar-refractivity contribution >= 4 is 40.1 Å². The maximum Gasteiger partial charge on any atom is 0.245 e. The molecule has 6 nitrogen and oxygen atoms in total. The number of thiocarbonyl (C=S) groups is 1. The Bertz CT molecular complexity index is 444. The largest absolute Gasteiger partial charge is 0.358 e. The van der Waals surface area contributed by atoms with Gasteiger partial charge in [-0.3, -0.25) is 9.59 Å². The lowest BCUT2D eigenvalue weighted by molar-refractivity contribution is -0.131. The highest BCUT2D eigenvalue weighted by Crippen LogP contribution is 2.10. The molecule has 0 fully saturated rings. The number of rotatable bonds is 9. The second kappa shape index (κ2) is 10.2. The van der Waals surface area contributed by atoms with Gasteiger partial charge in [0, 0.05) is 25.2 Å². The summed E-state index contributed by atoms with van der Waals surface area (Å²) in [6.07, 6.45) is 0.663. The van der Waals surface area contributed by atoms with Crippen molar-refractivity contribution in [2.45, 2.75) is 59.0 Å². The minimum atomic E-state index is -0.979. The molecule has 0 spiro atoms. The van der Waals surface area contributed by atoms with E-state index in [0.717, 1.165) is 13.1 Å². The SMILES string of the molecule is CCN(CC)C(=S)SCC(=O)NC(C)(C)C(=O)NCCC(C)(C)N. The molecule has 0 aliphatic heterocycles. The fourth-order valence-electron chi connectivity index (χ4n) is 1.86. The molecule has 140 valence electrons. The summed E-state index contributed by atoms with van der Waals surface area (Å²) in [7, 11) is 0. The van der Waals surface area contributed by atoms with E-state index >= 15 is 0 Å². The predicted octanol–water partition coefficient (Wildman–Crippen LogP) is 1.48. The Balaban J connectivity index is 4.35. The molecular formula is C16H32N4O2S2. The minimum Gasteiger partial charge on any atom is -0.358 e. The van der Waals surface area contributed by atoms with Gasteiger partial charge in [0.15, 0.2) is 0 Å². The van der Waals surface area contributed by atoms with Crippen molar-refractivity contribution in [1.82, 2.24) is 15.5 Å². The van der Waals surface area contributed by atoms with Crippen molar-refractivity contribution in [2.24, 2.45) is 5.73 Å². The molecule has 0 atom stereocenters. The first-order valence-corrected chi connectivity index (χ1v) is 9.62. The third-order valence-electron chi connectivity index (χ3n) is 3.42. The van der Waals surface area contributed by atoms with Crippen LogP contribution in [0.15, 0.2) is 0 Å². The average Bonchev–Trinajstić information content (AvgIpc) is 2.44. The number of carbonyl (C=O) groups is 2. The molecule has 0 aliphatic rings.